The number of carbonyl (C=O) groups is 1. The second-order valence-corrected chi connectivity index (χ2v) is 6.84. The molecule has 2 aromatic rings. The molecule has 3 rings (SSSR count). The van der Waals surface area contributed by atoms with Crippen LogP contribution in [0.25, 0.3) is 0 Å². The molecule has 1 amide bonds. The number of benzene rings is 2. The molecule has 28 heavy (non-hydrogen) atoms. The number of rotatable bonds is 7. The van der Waals surface area contributed by atoms with Crippen LogP contribution < -0.4 is 19.5 Å². The van der Waals surface area contributed by atoms with E-state index in [-0.39, 0.29) is 5.91 Å². The average Bonchev–Trinajstić information content (AvgIpc) is 2.77. The lowest BCUT2D eigenvalue weighted by molar-refractivity contribution is 0.0706. The summed E-state index contributed by atoms with van der Waals surface area (Å²) in [7, 11) is 5.10. The minimum absolute atomic E-state index is 0.0132. The van der Waals surface area contributed by atoms with E-state index in [0.717, 1.165) is 31.5 Å². The monoisotopic (exact) mass is 384 g/mol. The van der Waals surface area contributed by atoms with Crippen molar-refractivity contribution in [3.8, 4) is 17.2 Å². The van der Waals surface area contributed by atoms with Crippen LogP contribution in [-0.4, -0.2) is 51.2 Å². The van der Waals surface area contributed by atoms with Gasteiger partial charge in [0.25, 0.3) is 5.91 Å². The predicted molar refractivity (Wildman–Crippen MR) is 108 cm³/mol. The Morgan fingerprint density at radius 1 is 1.07 bits per heavy atom. The highest BCUT2D eigenvalue weighted by molar-refractivity contribution is 5.95. The lowest BCUT2D eigenvalue weighted by Crippen LogP contribution is -2.43. The van der Waals surface area contributed by atoms with Crippen LogP contribution in [0.3, 0.4) is 0 Å². The van der Waals surface area contributed by atoms with Crippen molar-refractivity contribution in [1.29, 1.82) is 0 Å². The van der Waals surface area contributed by atoms with Crippen molar-refractivity contribution >= 4 is 5.91 Å². The fourth-order valence-corrected chi connectivity index (χ4v) is 3.43. The van der Waals surface area contributed by atoms with Gasteiger partial charge in [0.15, 0.2) is 11.5 Å². The molecule has 0 aromatic heterocycles. The van der Waals surface area contributed by atoms with Gasteiger partial charge in [-0.1, -0.05) is 30.3 Å². The van der Waals surface area contributed by atoms with E-state index in [2.05, 4.69) is 5.32 Å². The quantitative estimate of drug-likeness (QED) is 0.795. The first-order valence-corrected chi connectivity index (χ1v) is 9.55. The van der Waals surface area contributed by atoms with Crippen LogP contribution in [0.15, 0.2) is 42.5 Å². The summed E-state index contributed by atoms with van der Waals surface area (Å²) in [4.78, 5) is 14.9. The molecular formula is C22H28N2O4. The Labute approximate surface area is 166 Å². The summed E-state index contributed by atoms with van der Waals surface area (Å²) < 4.78 is 17.0. The molecule has 1 aliphatic rings. The van der Waals surface area contributed by atoms with Gasteiger partial charge in [-0.3, -0.25) is 4.79 Å². The number of hydrogen-bond donors (Lipinski definition) is 1. The van der Waals surface area contributed by atoms with E-state index >= 15 is 0 Å². The molecule has 1 fully saturated rings. The van der Waals surface area contributed by atoms with Gasteiger partial charge in [-0.2, -0.15) is 0 Å². The molecule has 6 nitrogen and oxygen atoms in total. The molecule has 2 aromatic carbocycles. The molecule has 6 heteroatoms. The Kier molecular flexibility index (Phi) is 6.76. The Morgan fingerprint density at radius 2 is 1.68 bits per heavy atom. The molecule has 0 saturated carbocycles. The Hall–Kier alpha value is -2.73. The first-order valence-electron chi connectivity index (χ1n) is 9.55. The standard InChI is InChI=1S/C22H28N2O4/c1-23-18-9-11-24(12-10-18)22(25)17-13-19(26-2)21(20(14-17)27-3)28-15-16-7-5-4-6-8-16/h4-8,13-14,18,23H,9-12,15H2,1-3H3. The zero-order chi connectivity index (χ0) is 19.9. The Morgan fingerprint density at radius 3 is 2.21 bits per heavy atom. The average molecular weight is 384 g/mol. The summed E-state index contributed by atoms with van der Waals surface area (Å²) in [5.74, 6) is 1.47. The fraction of sp³-hybridized carbons (Fsp3) is 0.409. The van der Waals surface area contributed by atoms with Crippen molar-refractivity contribution in [2.45, 2.75) is 25.5 Å². The van der Waals surface area contributed by atoms with E-state index in [4.69, 9.17) is 14.2 Å². The third kappa shape index (κ3) is 4.57. The van der Waals surface area contributed by atoms with Gasteiger partial charge < -0.3 is 24.4 Å². The Balaban J connectivity index is 1.79. The molecule has 0 aliphatic carbocycles. The summed E-state index contributed by atoms with van der Waals surface area (Å²) in [6, 6.07) is 13.8. The van der Waals surface area contributed by atoms with Crippen LogP contribution in [0.1, 0.15) is 28.8 Å². The normalized spacial score (nSPS) is 14.6. The van der Waals surface area contributed by atoms with E-state index in [1.807, 2.05) is 42.3 Å². The van der Waals surface area contributed by atoms with Gasteiger partial charge in [0.1, 0.15) is 6.61 Å². The Bertz CT molecular complexity index is 761. The molecule has 0 unspecified atom stereocenters. The number of nitrogens with zero attached hydrogens (tertiary/aromatic N) is 1. The third-order valence-corrected chi connectivity index (χ3v) is 5.12. The van der Waals surface area contributed by atoms with Crippen molar-refractivity contribution < 1.29 is 19.0 Å². The zero-order valence-corrected chi connectivity index (χ0v) is 16.7. The number of ether oxygens (including phenoxy) is 3. The molecular weight excluding hydrogens is 356 g/mol. The third-order valence-electron chi connectivity index (χ3n) is 5.12. The SMILES string of the molecule is CNC1CCN(C(=O)c2cc(OC)c(OCc3ccccc3)c(OC)c2)CC1. The highest BCUT2D eigenvalue weighted by Crippen LogP contribution is 2.39. The van der Waals surface area contributed by atoms with Crippen molar-refractivity contribution in [3.63, 3.8) is 0 Å². The first kappa shape index (κ1) is 20.0. The van der Waals surface area contributed by atoms with Crippen LogP contribution in [0, 0.1) is 0 Å². The number of amides is 1. The van der Waals surface area contributed by atoms with Gasteiger partial charge in [0, 0.05) is 24.7 Å². The van der Waals surface area contributed by atoms with Crippen molar-refractivity contribution in [2.75, 3.05) is 34.4 Å². The van der Waals surface area contributed by atoms with Gasteiger partial charge in [-0.15, -0.1) is 0 Å². The van der Waals surface area contributed by atoms with Gasteiger partial charge >= 0.3 is 0 Å². The van der Waals surface area contributed by atoms with Crippen molar-refractivity contribution in [3.05, 3.63) is 53.6 Å². The fourth-order valence-electron chi connectivity index (χ4n) is 3.43. The number of hydrogen-bond acceptors (Lipinski definition) is 5. The second kappa shape index (κ2) is 9.46. The zero-order valence-electron chi connectivity index (χ0n) is 16.7. The molecule has 0 bridgehead atoms. The minimum atomic E-state index is -0.0132. The highest BCUT2D eigenvalue weighted by Gasteiger charge is 2.25. The second-order valence-electron chi connectivity index (χ2n) is 6.84. The predicted octanol–water partition coefficient (Wildman–Crippen LogP) is 3.11. The topological polar surface area (TPSA) is 60.0 Å². The molecule has 0 radical (unpaired) electrons. The lowest BCUT2D eigenvalue weighted by atomic mass is 10.0. The van der Waals surface area contributed by atoms with Crippen molar-refractivity contribution in [2.24, 2.45) is 0 Å². The molecule has 1 aliphatic heterocycles. The summed E-state index contributed by atoms with van der Waals surface area (Å²) in [5, 5.41) is 3.28. The summed E-state index contributed by atoms with van der Waals surface area (Å²) in [6.45, 7) is 1.86. The van der Waals surface area contributed by atoms with Gasteiger partial charge in [0.05, 0.1) is 14.2 Å². The molecule has 0 spiro atoms. The molecule has 1 saturated heterocycles. The molecule has 1 heterocycles. The van der Waals surface area contributed by atoms with Gasteiger partial charge in [0.2, 0.25) is 5.75 Å². The lowest BCUT2D eigenvalue weighted by Gasteiger charge is -2.32. The number of carbonyl (C=O) groups excluding carboxylic acids is 1. The maximum Gasteiger partial charge on any atom is 0.254 e. The number of nitrogens with one attached hydrogen (secondary N) is 1. The van der Waals surface area contributed by atoms with Crippen LogP contribution in [0.2, 0.25) is 0 Å². The van der Waals surface area contributed by atoms with Crippen LogP contribution >= 0.6 is 0 Å². The van der Waals surface area contributed by atoms with E-state index in [0.29, 0.717) is 35.5 Å². The maximum atomic E-state index is 13.0. The van der Waals surface area contributed by atoms with Crippen LogP contribution in [0.4, 0.5) is 0 Å². The van der Waals surface area contributed by atoms with E-state index in [1.165, 1.54) is 0 Å². The number of likely N-dealkylation sites (tertiary alicyclic amines) is 1. The summed E-state index contributed by atoms with van der Waals surface area (Å²) >= 11 is 0. The van der Waals surface area contributed by atoms with E-state index in [1.54, 1.807) is 26.4 Å². The van der Waals surface area contributed by atoms with Crippen LogP contribution in [-0.2, 0) is 6.61 Å². The van der Waals surface area contributed by atoms with Gasteiger partial charge in [-0.05, 0) is 37.6 Å². The smallest absolute Gasteiger partial charge is 0.254 e. The molecule has 0 atom stereocenters. The van der Waals surface area contributed by atoms with Crippen LogP contribution in [0.5, 0.6) is 17.2 Å². The number of methoxy groups -OCH3 is 2. The molecule has 150 valence electrons. The van der Waals surface area contributed by atoms with Gasteiger partial charge in [-0.25, -0.2) is 0 Å². The molecule has 1 N–H and O–H groups in total. The van der Waals surface area contributed by atoms with E-state index in [9.17, 15) is 4.79 Å². The summed E-state index contributed by atoms with van der Waals surface area (Å²) in [6.07, 6.45) is 1.91. The minimum Gasteiger partial charge on any atom is -0.493 e. The van der Waals surface area contributed by atoms with Crippen molar-refractivity contribution in [1.82, 2.24) is 10.2 Å². The van der Waals surface area contributed by atoms with E-state index < -0.39 is 0 Å². The highest BCUT2D eigenvalue weighted by atomic mass is 16.5. The number of piperidine rings is 1. The maximum absolute atomic E-state index is 13.0. The first-order chi connectivity index (χ1) is 13.7. The summed E-state index contributed by atoms with van der Waals surface area (Å²) in [5.41, 5.74) is 1.59. The largest absolute Gasteiger partial charge is 0.493 e.